The first-order valence-electron chi connectivity index (χ1n) is 10.9. The number of nitrogens with zero attached hydrogens (tertiary/aromatic N) is 2. The molecular weight excluding hydrogens is 430 g/mol. The van der Waals surface area contributed by atoms with Crippen LogP contribution in [-0.2, 0) is 20.9 Å². The van der Waals surface area contributed by atoms with Crippen molar-refractivity contribution in [2.24, 2.45) is 11.5 Å². The van der Waals surface area contributed by atoms with Crippen LogP contribution in [0.25, 0.3) is 0 Å². The van der Waals surface area contributed by atoms with Crippen molar-refractivity contribution in [3.63, 3.8) is 0 Å². The summed E-state index contributed by atoms with van der Waals surface area (Å²) in [6.45, 7) is 9.96. The smallest absolute Gasteiger partial charge is 0.410 e. The lowest BCUT2D eigenvalue weighted by Gasteiger charge is -2.33. The van der Waals surface area contributed by atoms with E-state index in [-0.39, 0.29) is 12.6 Å². The normalized spacial score (nSPS) is 15.0. The Hall–Kier alpha value is -2.89. The lowest BCUT2D eigenvalue weighted by atomic mass is 10.2. The van der Waals surface area contributed by atoms with Crippen LogP contribution < -0.4 is 16.8 Å². The number of carbonyl (C=O) groups excluding carboxylic acids is 2. The van der Waals surface area contributed by atoms with E-state index in [0.29, 0.717) is 26.2 Å². The molecule has 0 aromatic heterocycles. The summed E-state index contributed by atoms with van der Waals surface area (Å²) >= 11 is 0. The second kappa shape index (κ2) is 14.3. The zero-order chi connectivity index (χ0) is 24.9. The molecule has 0 aliphatic carbocycles. The van der Waals surface area contributed by atoms with Crippen LogP contribution in [0.15, 0.2) is 30.3 Å². The highest BCUT2D eigenvalue weighted by Gasteiger charge is 2.23. The van der Waals surface area contributed by atoms with Crippen molar-refractivity contribution in [3.05, 3.63) is 35.9 Å². The number of rotatable bonds is 7. The molecule has 1 fully saturated rings. The third-order valence-corrected chi connectivity index (χ3v) is 4.51. The summed E-state index contributed by atoms with van der Waals surface area (Å²) in [5.74, 6) is -1.18. The fraction of sp³-hybridized carbons (Fsp3) is 0.591. The second-order valence-corrected chi connectivity index (χ2v) is 8.43. The molecule has 0 radical (unpaired) electrons. The van der Waals surface area contributed by atoms with Gasteiger partial charge < -0.3 is 36.3 Å². The molecule has 0 saturated carbocycles. The first kappa shape index (κ1) is 28.1. The minimum Gasteiger partial charge on any atom is -0.480 e. The van der Waals surface area contributed by atoms with Crippen LogP contribution in [0.5, 0.6) is 0 Å². The van der Waals surface area contributed by atoms with Crippen molar-refractivity contribution in [2.45, 2.75) is 39.0 Å². The number of ether oxygens (including phenoxy) is 2. The number of carbonyl (C=O) groups is 3. The number of carboxylic acids is 1. The largest absolute Gasteiger partial charge is 0.480 e. The number of benzene rings is 1. The van der Waals surface area contributed by atoms with Crippen molar-refractivity contribution in [3.8, 4) is 0 Å². The molecule has 11 nitrogen and oxygen atoms in total. The zero-order valence-electron chi connectivity index (χ0n) is 19.7. The van der Waals surface area contributed by atoms with Gasteiger partial charge in [0.05, 0.1) is 0 Å². The van der Waals surface area contributed by atoms with Gasteiger partial charge in [-0.3, -0.25) is 4.90 Å². The number of alkyl carbamates (subject to hydrolysis) is 1. The number of hydrogen-bond acceptors (Lipinski definition) is 8. The van der Waals surface area contributed by atoms with E-state index in [1.165, 1.54) is 0 Å². The fourth-order valence-electron chi connectivity index (χ4n) is 2.82. The van der Waals surface area contributed by atoms with Crippen LogP contribution in [0.1, 0.15) is 26.3 Å². The number of piperazine rings is 1. The van der Waals surface area contributed by atoms with E-state index in [1.54, 1.807) is 25.7 Å². The van der Waals surface area contributed by atoms with Gasteiger partial charge in [-0.05, 0) is 26.3 Å². The molecule has 1 heterocycles. The summed E-state index contributed by atoms with van der Waals surface area (Å²) < 4.78 is 10.2. The van der Waals surface area contributed by atoms with Crippen LogP contribution in [0.2, 0.25) is 0 Å². The Bertz CT molecular complexity index is 733. The first-order chi connectivity index (χ1) is 15.6. The van der Waals surface area contributed by atoms with Gasteiger partial charge in [-0.2, -0.15) is 0 Å². The van der Waals surface area contributed by atoms with Crippen LogP contribution in [0.4, 0.5) is 9.59 Å². The summed E-state index contributed by atoms with van der Waals surface area (Å²) in [5.41, 5.74) is 11.0. The lowest BCUT2D eigenvalue weighted by molar-refractivity contribution is -0.139. The van der Waals surface area contributed by atoms with E-state index < -0.39 is 23.7 Å². The molecule has 1 aliphatic heterocycles. The predicted octanol–water partition coefficient (Wildman–Crippen LogP) is 0.823. The molecule has 186 valence electrons. The van der Waals surface area contributed by atoms with E-state index in [9.17, 15) is 14.4 Å². The Labute approximate surface area is 195 Å². The van der Waals surface area contributed by atoms with Crippen LogP contribution in [0.3, 0.4) is 0 Å². The highest BCUT2D eigenvalue weighted by atomic mass is 16.6. The number of nitrogens with two attached hydrogens (primary N) is 2. The van der Waals surface area contributed by atoms with Crippen LogP contribution >= 0.6 is 0 Å². The maximum absolute atomic E-state index is 11.9. The molecular formula is C22H37N5O6. The van der Waals surface area contributed by atoms with Crippen molar-refractivity contribution < 1.29 is 29.0 Å². The van der Waals surface area contributed by atoms with Gasteiger partial charge in [0.25, 0.3) is 0 Å². The van der Waals surface area contributed by atoms with Crippen molar-refractivity contribution >= 4 is 18.2 Å². The number of hydrogen-bond donors (Lipinski definition) is 4. The lowest BCUT2D eigenvalue weighted by Crippen LogP contribution is -2.49. The topological polar surface area (TPSA) is 160 Å². The second-order valence-electron chi connectivity index (χ2n) is 8.43. The Kier molecular flexibility index (Phi) is 12.2. The van der Waals surface area contributed by atoms with E-state index in [4.69, 9.17) is 26.0 Å². The molecule has 0 unspecified atom stereocenters. The molecule has 2 rings (SSSR count). The van der Waals surface area contributed by atoms with Crippen LogP contribution in [0, 0.1) is 0 Å². The van der Waals surface area contributed by atoms with Gasteiger partial charge in [0.1, 0.15) is 18.2 Å². The van der Waals surface area contributed by atoms with E-state index in [1.807, 2.05) is 30.3 Å². The fourth-order valence-corrected chi connectivity index (χ4v) is 2.82. The molecule has 33 heavy (non-hydrogen) atoms. The number of aliphatic carboxylic acids is 1. The summed E-state index contributed by atoms with van der Waals surface area (Å²) in [7, 11) is 0. The Morgan fingerprint density at radius 1 is 1.09 bits per heavy atom. The molecule has 6 N–H and O–H groups in total. The van der Waals surface area contributed by atoms with E-state index in [2.05, 4.69) is 10.2 Å². The monoisotopic (exact) mass is 467 g/mol. The summed E-state index contributed by atoms with van der Waals surface area (Å²) in [4.78, 5) is 37.5. The Balaban J connectivity index is 0.000000349. The number of carboxylic acid groups (broad SMARTS) is 1. The molecule has 0 spiro atoms. The van der Waals surface area contributed by atoms with Crippen molar-refractivity contribution in [1.29, 1.82) is 0 Å². The molecule has 1 saturated heterocycles. The van der Waals surface area contributed by atoms with Crippen molar-refractivity contribution in [2.75, 3.05) is 45.8 Å². The molecule has 1 atom stereocenters. The Morgan fingerprint density at radius 2 is 1.70 bits per heavy atom. The quantitative estimate of drug-likeness (QED) is 0.455. The van der Waals surface area contributed by atoms with Gasteiger partial charge in [0.2, 0.25) is 0 Å². The molecule has 1 aromatic rings. The summed E-state index contributed by atoms with van der Waals surface area (Å²) in [6.07, 6.45) is -1.01. The molecule has 11 heteroatoms. The molecule has 1 aliphatic rings. The van der Waals surface area contributed by atoms with Crippen LogP contribution in [-0.4, -0.2) is 90.5 Å². The van der Waals surface area contributed by atoms with Gasteiger partial charge >= 0.3 is 18.2 Å². The summed E-state index contributed by atoms with van der Waals surface area (Å²) in [5, 5.41) is 10.7. The third kappa shape index (κ3) is 12.1. The average Bonchev–Trinajstić information content (AvgIpc) is 2.76. The van der Waals surface area contributed by atoms with Gasteiger partial charge in [-0.1, -0.05) is 30.3 Å². The first-order valence-corrected chi connectivity index (χ1v) is 10.9. The zero-order valence-corrected chi connectivity index (χ0v) is 19.7. The highest BCUT2D eigenvalue weighted by molar-refractivity contribution is 5.80. The number of amides is 2. The molecule has 1 aromatic carbocycles. The van der Waals surface area contributed by atoms with Gasteiger partial charge in [0, 0.05) is 45.8 Å². The predicted molar refractivity (Wildman–Crippen MR) is 124 cm³/mol. The average molecular weight is 468 g/mol. The standard InChI is InChI=1S/C14H21N3O2.C8H16N2O4/c15-6-7-16-8-10-17(11-9-16)14(18)19-12-13-4-2-1-3-5-13;1-8(2,3)14-7(13)10-5(4-9)6(11)12/h1-5H,6-12,15H2;5H,4,9H2,1-3H3,(H,10,13)(H,11,12)/t;5-/m.0/s1. The summed E-state index contributed by atoms with van der Waals surface area (Å²) in [6, 6.07) is 8.62. The third-order valence-electron chi connectivity index (χ3n) is 4.51. The van der Waals surface area contributed by atoms with Gasteiger partial charge in [-0.15, -0.1) is 0 Å². The van der Waals surface area contributed by atoms with E-state index in [0.717, 1.165) is 25.2 Å². The van der Waals surface area contributed by atoms with E-state index >= 15 is 0 Å². The molecule has 0 bridgehead atoms. The SMILES string of the molecule is CC(C)(C)OC(=O)N[C@@H](CN)C(=O)O.NCCN1CCN(C(=O)OCc2ccccc2)CC1. The Morgan fingerprint density at radius 3 is 2.18 bits per heavy atom. The van der Waals surface area contributed by atoms with Crippen molar-refractivity contribution in [1.82, 2.24) is 15.1 Å². The molecule has 2 amide bonds. The minimum absolute atomic E-state index is 0.172. The maximum Gasteiger partial charge on any atom is 0.410 e. The van der Waals surface area contributed by atoms with Gasteiger partial charge in [-0.25, -0.2) is 14.4 Å². The minimum atomic E-state index is -1.18. The maximum atomic E-state index is 11.9. The number of nitrogens with one attached hydrogen (secondary N) is 1. The van der Waals surface area contributed by atoms with Gasteiger partial charge in [0.15, 0.2) is 0 Å². The highest BCUT2D eigenvalue weighted by Crippen LogP contribution is 2.07.